The number of hydrogen-bond acceptors (Lipinski definition) is 4. The number of aliphatic hydroxyl groups excluding tert-OH is 1. The van der Waals surface area contributed by atoms with Crippen molar-refractivity contribution in [2.75, 3.05) is 20.6 Å². The zero-order chi connectivity index (χ0) is 11.6. The van der Waals surface area contributed by atoms with Crippen molar-refractivity contribution < 1.29 is 18.3 Å². The molecule has 0 spiro atoms. The lowest BCUT2D eigenvalue weighted by atomic mass is 10.3. The summed E-state index contributed by atoms with van der Waals surface area (Å²) >= 11 is 0.477. The highest BCUT2D eigenvalue weighted by Crippen LogP contribution is 2.34. The first-order chi connectivity index (χ1) is 6.80. The second-order valence-electron chi connectivity index (χ2n) is 3.34. The quantitative estimate of drug-likeness (QED) is 0.874. The average Bonchev–Trinajstić information content (AvgIpc) is 2.48. The summed E-state index contributed by atoms with van der Waals surface area (Å²) < 4.78 is 36.5. The zero-order valence-electron chi connectivity index (χ0n) is 8.25. The Kier molecular flexibility index (Phi) is 3.69. The Labute approximate surface area is 89.2 Å². The molecule has 1 aromatic heterocycles. The van der Waals surface area contributed by atoms with Gasteiger partial charge in [-0.05, 0) is 14.1 Å². The van der Waals surface area contributed by atoms with E-state index in [1.54, 1.807) is 19.0 Å². The lowest BCUT2D eigenvalue weighted by molar-refractivity contribution is -0.137. The van der Waals surface area contributed by atoms with E-state index in [1.807, 2.05) is 0 Å². The van der Waals surface area contributed by atoms with Crippen LogP contribution < -0.4 is 0 Å². The summed E-state index contributed by atoms with van der Waals surface area (Å²) in [7, 11) is 3.46. The predicted octanol–water partition coefficient (Wildman–Crippen LogP) is 1.76. The largest absolute Gasteiger partial charge is 0.443 e. The molecule has 0 aliphatic heterocycles. The van der Waals surface area contributed by atoms with Gasteiger partial charge in [0.05, 0.1) is 4.88 Å². The van der Waals surface area contributed by atoms with E-state index < -0.39 is 17.3 Å². The van der Waals surface area contributed by atoms with Crippen LogP contribution in [0.2, 0.25) is 0 Å². The maximum atomic E-state index is 12.2. The Bertz CT molecular complexity index is 324. The van der Waals surface area contributed by atoms with Crippen molar-refractivity contribution in [2.45, 2.75) is 12.3 Å². The smallest absolute Gasteiger partial charge is 0.386 e. The van der Waals surface area contributed by atoms with Gasteiger partial charge >= 0.3 is 6.18 Å². The first kappa shape index (κ1) is 12.4. The van der Waals surface area contributed by atoms with Crippen molar-refractivity contribution in [1.29, 1.82) is 0 Å². The molecule has 0 aliphatic carbocycles. The number of rotatable bonds is 3. The number of nitrogens with zero attached hydrogens (tertiary/aromatic N) is 2. The summed E-state index contributed by atoms with van der Waals surface area (Å²) in [6.45, 7) is 0.277. The minimum Gasteiger partial charge on any atom is -0.386 e. The summed E-state index contributed by atoms with van der Waals surface area (Å²) in [5.74, 6) is 0. The van der Waals surface area contributed by atoms with E-state index in [0.29, 0.717) is 11.3 Å². The first-order valence-corrected chi connectivity index (χ1v) is 4.98. The molecule has 15 heavy (non-hydrogen) atoms. The molecule has 1 heterocycles. The molecular formula is C8H11F3N2OS. The Morgan fingerprint density at radius 3 is 2.53 bits per heavy atom. The molecule has 7 heteroatoms. The topological polar surface area (TPSA) is 36.4 Å². The van der Waals surface area contributed by atoms with Crippen LogP contribution in [0.3, 0.4) is 0 Å². The summed E-state index contributed by atoms with van der Waals surface area (Å²) in [5.41, 5.74) is 0. The van der Waals surface area contributed by atoms with Crippen molar-refractivity contribution in [3.63, 3.8) is 0 Å². The first-order valence-electron chi connectivity index (χ1n) is 4.16. The fourth-order valence-electron chi connectivity index (χ4n) is 1.01. The Morgan fingerprint density at radius 1 is 1.53 bits per heavy atom. The summed E-state index contributed by atoms with van der Waals surface area (Å²) in [6.07, 6.45) is -4.28. The van der Waals surface area contributed by atoms with Crippen LogP contribution in [0.5, 0.6) is 0 Å². The summed E-state index contributed by atoms with van der Waals surface area (Å²) in [4.78, 5) is 5.16. The van der Waals surface area contributed by atoms with E-state index in [0.717, 1.165) is 6.20 Å². The summed E-state index contributed by atoms with van der Waals surface area (Å²) in [5, 5.41) is 8.61. The van der Waals surface area contributed by atoms with Crippen LogP contribution in [0.25, 0.3) is 0 Å². The standard InChI is InChI=1S/C8H11F3N2OS/c1-13(2)4-5(14)6-3-12-7(15-6)8(9,10)11/h3,5,14H,4H2,1-2H3. The molecule has 1 rings (SSSR count). The average molecular weight is 240 g/mol. The minimum atomic E-state index is -4.43. The molecule has 1 aromatic rings. The SMILES string of the molecule is CN(C)CC(O)c1cnc(C(F)(F)F)s1. The Balaban J connectivity index is 2.76. The molecule has 1 N–H and O–H groups in total. The molecule has 0 amide bonds. The van der Waals surface area contributed by atoms with Gasteiger partial charge in [-0.1, -0.05) is 0 Å². The maximum absolute atomic E-state index is 12.2. The van der Waals surface area contributed by atoms with Crippen molar-refractivity contribution in [1.82, 2.24) is 9.88 Å². The Morgan fingerprint density at radius 2 is 2.13 bits per heavy atom. The van der Waals surface area contributed by atoms with Crippen molar-refractivity contribution in [3.8, 4) is 0 Å². The molecule has 0 bridgehead atoms. The van der Waals surface area contributed by atoms with Gasteiger partial charge in [-0.15, -0.1) is 11.3 Å². The highest BCUT2D eigenvalue weighted by atomic mass is 32.1. The van der Waals surface area contributed by atoms with Crippen LogP contribution in [0, 0.1) is 0 Å². The van der Waals surface area contributed by atoms with Gasteiger partial charge in [0.1, 0.15) is 6.10 Å². The van der Waals surface area contributed by atoms with Crippen LogP contribution in [0.15, 0.2) is 6.20 Å². The lowest BCUT2D eigenvalue weighted by Crippen LogP contribution is -2.19. The third-order valence-corrected chi connectivity index (χ3v) is 2.78. The Hall–Kier alpha value is -0.660. The van der Waals surface area contributed by atoms with Crippen LogP contribution in [-0.4, -0.2) is 35.6 Å². The second-order valence-corrected chi connectivity index (χ2v) is 4.41. The second kappa shape index (κ2) is 4.46. The van der Waals surface area contributed by atoms with Gasteiger partial charge in [0.2, 0.25) is 0 Å². The van der Waals surface area contributed by atoms with Crippen LogP contribution >= 0.6 is 11.3 Å². The molecule has 86 valence electrons. The van der Waals surface area contributed by atoms with Crippen molar-refractivity contribution >= 4 is 11.3 Å². The van der Waals surface area contributed by atoms with Crippen LogP contribution in [0.4, 0.5) is 13.2 Å². The molecule has 1 unspecified atom stereocenters. The third kappa shape index (κ3) is 3.44. The van der Waals surface area contributed by atoms with Gasteiger partial charge in [0, 0.05) is 12.7 Å². The lowest BCUT2D eigenvalue weighted by Gasteiger charge is -2.13. The molecule has 0 radical (unpaired) electrons. The molecule has 3 nitrogen and oxygen atoms in total. The van der Waals surface area contributed by atoms with Crippen molar-refractivity contribution in [2.24, 2.45) is 0 Å². The highest BCUT2D eigenvalue weighted by molar-refractivity contribution is 7.11. The van der Waals surface area contributed by atoms with E-state index >= 15 is 0 Å². The van der Waals surface area contributed by atoms with E-state index in [9.17, 15) is 18.3 Å². The van der Waals surface area contributed by atoms with Gasteiger partial charge in [0.15, 0.2) is 5.01 Å². The number of alkyl halides is 3. The van der Waals surface area contributed by atoms with E-state index in [2.05, 4.69) is 4.98 Å². The normalized spacial score (nSPS) is 14.6. The highest BCUT2D eigenvalue weighted by Gasteiger charge is 2.35. The predicted molar refractivity (Wildman–Crippen MR) is 50.6 cm³/mol. The van der Waals surface area contributed by atoms with Gasteiger partial charge in [-0.2, -0.15) is 13.2 Å². The molecule has 0 saturated heterocycles. The number of hydrogen-bond donors (Lipinski definition) is 1. The van der Waals surface area contributed by atoms with Crippen molar-refractivity contribution in [3.05, 3.63) is 16.1 Å². The number of aliphatic hydroxyl groups is 1. The molecule has 1 atom stereocenters. The maximum Gasteiger partial charge on any atom is 0.443 e. The van der Waals surface area contributed by atoms with E-state index in [-0.39, 0.29) is 11.4 Å². The molecule has 0 saturated carbocycles. The number of halogens is 3. The van der Waals surface area contributed by atoms with Crippen LogP contribution in [-0.2, 0) is 6.18 Å². The molecule has 0 fully saturated rings. The molecule has 0 aliphatic rings. The molecular weight excluding hydrogens is 229 g/mol. The molecule has 0 aromatic carbocycles. The van der Waals surface area contributed by atoms with E-state index in [4.69, 9.17) is 0 Å². The number of thiazole rings is 1. The van der Waals surface area contributed by atoms with Gasteiger partial charge in [0.25, 0.3) is 0 Å². The van der Waals surface area contributed by atoms with Crippen LogP contribution in [0.1, 0.15) is 16.0 Å². The van der Waals surface area contributed by atoms with Gasteiger partial charge in [-0.25, -0.2) is 4.98 Å². The van der Waals surface area contributed by atoms with E-state index in [1.165, 1.54) is 0 Å². The zero-order valence-corrected chi connectivity index (χ0v) is 9.06. The number of aromatic nitrogens is 1. The van der Waals surface area contributed by atoms with Gasteiger partial charge in [-0.3, -0.25) is 0 Å². The third-order valence-electron chi connectivity index (χ3n) is 1.63. The monoisotopic (exact) mass is 240 g/mol. The fourth-order valence-corrected chi connectivity index (χ4v) is 1.77. The summed E-state index contributed by atoms with van der Waals surface area (Å²) in [6, 6.07) is 0. The minimum absolute atomic E-state index is 0.232. The number of likely N-dealkylation sites (N-methyl/N-ethyl adjacent to an activating group) is 1. The fraction of sp³-hybridized carbons (Fsp3) is 0.625. The van der Waals surface area contributed by atoms with Gasteiger partial charge < -0.3 is 10.0 Å².